The summed E-state index contributed by atoms with van der Waals surface area (Å²) < 4.78 is 38.7. The Morgan fingerprint density at radius 3 is 2.46 bits per heavy atom. The summed E-state index contributed by atoms with van der Waals surface area (Å²) in [6.07, 6.45) is 0.896. The molecule has 1 fully saturated rings. The molecule has 2 aliphatic heterocycles. The van der Waals surface area contributed by atoms with E-state index >= 15 is 4.39 Å². The molecule has 2 atom stereocenters. The van der Waals surface area contributed by atoms with Gasteiger partial charge < -0.3 is 28.7 Å². The second-order valence-corrected chi connectivity index (χ2v) is 15.4. The van der Waals surface area contributed by atoms with Gasteiger partial charge in [-0.3, -0.25) is 4.79 Å². The van der Waals surface area contributed by atoms with E-state index in [1.165, 1.54) is 17.4 Å². The number of hydrogen-bond acceptors (Lipinski definition) is 9. The highest BCUT2D eigenvalue weighted by Crippen LogP contribution is 2.37. The van der Waals surface area contributed by atoms with Gasteiger partial charge >= 0.3 is 12.1 Å². The summed E-state index contributed by atoms with van der Waals surface area (Å²) in [6.45, 7) is 15.4. The summed E-state index contributed by atoms with van der Waals surface area (Å²) in [6, 6.07) is 9.47. The first-order valence-electron chi connectivity index (χ1n) is 16.6. The number of rotatable bonds is 7. The average Bonchev–Trinajstić information content (AvgIpc) is 3.39. The number of thiazole rings is 1. The smallest absolute Gasteiger partial charge is 0.410 e. The second kappa shape index (κ2) is 14.4. The van der Waals surface area contributed by atoms with E-state index in [0.29, 0.717) is 56.8 Å². The molecule has 0 spiro atoms. The van der Waals surface area contributed by atoms with Crippen LogP contribution in [0.15, 0.2) is 35.7 Å². The Morgan fingerprint density at radius 1 is 1.02 bits per heavy atom. The van der Waals surface area contributed by atoms with Crippen molar-refractivity contribution < 1.29 is 32.9 Å². The molecule has 3 heterocycles. The minimum Gasteiger partial charge on any atom is -0.488 e. The lowest BCUT2D eigenvalue weighted by Crippen LogP contribution is -2.49. The molecule has 5 rings (SSSR count). The number of fused-ring (bicyclic) bond motifs is 1. The fraction of sp³-hybridized carbons (Fsp3) is 0.541. The molecule has 9 nitrogen and oxygen atoms in total. The van der Waals surface area contributed by atoms with Crippen molar-refractivity contribution in [2.45, 2.75) is 91.6 Å². The van der Waals surface area contributed by atoms with Crippen molar-refractivity contribution in [1.82, 2.24) is 9.88 Å². The minimum absolute atomic E-state index is 0.183. The van der Waals surface area contributed by atoms with Crippen molar-refractivity contribution in [2.24, 2.45) is 5.92 Å². The number of hydrogen-bond donors (Lipinski definition) is 0. The van der Waals surface area contributed by atoms with Crippen LogP contribution in [-0.4, -0.2) is 72.5 Å². The maximum absolute atomic E-state index is 15.4. The molecule has 1 saturated heterocycles. The molecular weight excluding hydrogens is 633 g/mol. The number of carbonyl (C=O) groups is 2. The van der Waals surface area contributed by atoms with Crippen LogP contribution in [0.5, 0.6) is 5.75 Å². The second-order valence-electron chi connectivity index (χ2n) is 14.6. The van der Waals surface area contributed by atoms with Gasteiger partial charge in [-0.25, -0.2) is 14.2 Å². The normalized spacial score (nSPS) is 18.6. The number of anilines is 1. The van der Waals surface area contributed by atoms with Crippen LogP contribution in [-0.2, 0) is 38.5 Å². The molecule has 0 radical (unpaired) electrons. The van der Waals surface area contributed by atoms with E-state index in [-0.39, 0.29) is 36.5 Å². The van der Waals surface area contributed by atoms with E-state index < -0.39 is 11.2 Å². The molecule has 1 amide bonds. The zero-order chi connectivity index (χ0) is 34.8. The Morgan fingerprint density at radius 2 is 1.75 bits per heavy atom. The predicted molar refractivity (Wildman–Crippen MR) is 185 cm³/mol. The van der Waals surface area contributed by atoms with Crippen LogP contribution < -0.4 is 9.64 Å². The minimum atomic E-state index is -0.589. The number of aryl methyl sites for hydroxylation is 1. The third kappa shape index (κ3) is 8.66. The van der Waals surface area contributed by atoms with Crippen molar-refractivity contribution in [3.63, 3.8) is 0 Å². The van der Waals surface area contributed by atoms with Gasteiger partial charge in [-0.2, -0.15) is 0 Å². The molecule has 48 heavy (non-hydrogen) atoms. The van der Waals surface area contributed by atoms with Crippen LogP contribution in [0.2, 0.25) is 0 Å². The first-order chi connectivity index (χ1) is 22.6. The van der Waals surface area contributed by atoms with Gasteiger partial charge in [0.2, 0.25) is 0 Å². The number of carbonyl (C=O) groups excluding carboxylic acids is 2. The number of ether oxygens (including phenoxy) is 4. The van der Waals surface area contributed by atoms with Gasteiger partial charge in [-0.1, -0.05) is 18.2 Å². The van der Waals surface area contributed by atoms with Gasteiger partial charge in [0.05, 0.1) is 17.7 Å². The van der Waals surface area contributed by atoms with E-state index in [1.54, 1.807) is 12.0 Å². The number of halogens is 1. The quantitative estimate of drug-likeness (QED) is 0.239. The summed E-state index contributed by atoms with van der Waals surface area (Å²) in [7, 11) is 1.63. The van der Waals surface area contributed by atoms with Crippen molar-refractivity contribution in [3.8, 4) is 17.0 Å². The molecule has 260 valence electrons. The highest BCUT2D eigenvalue weighted by Gasteiger charge is 2.38. The molecule has 2 aliphatic rings. The largest absolute Gasteiger partial charge is 0.488 e. The van der Waals surface area contributed by atoms with Crippen molar-refractivity contribution >= 4 is 28.5 Å². The maximum Gasteiger partial charge on any atom is 0.410 e. The number of piperidine rings is 1. The van der Waals surface area contributed by atoms with Crippen LogP contribution >= 0.6 is 11.3 Å². The van der Waals surface area contributed by atoms with Crippen LogP contribution in [0.3, 0.4) is 0 Å². The summed E-state index contributed by atoms with van der Waals surface area (Å²) in [4.78, 5) is 34.3. The zero-order valence-electron chi connectivity index (χ0n) is 29.4. The monoisotopic (exact) mass is 681 g/mol. The number of benzene rings is 2. The topological polar surface area (TPSA) is 90.4 Å². The molecule has 0 bridgehead atoms. The Hall–Kier alpha value is -3.70. The third-order valence-electron chi connectivity index (χ3n) is 8.49. The number of esters is 1. The molecule has 1 aromatic heterocycles. The highest BCUT2D eigenvalue weighted by molar-refractivity contribution is 7.14. The molecule has 0 N–H and O–H groups in total. The number of para-hydroxylation sites is 1. The number of nitrogens with zero attached hydrogens (tertiary/aromatic N) is 3. The highest BCUT2D eigenvalue weighted by atomic mass is 32.1. The fourth-order valence-electron chi connectivity index (χ4n) is 6.18. The summed E-state index contributed by atoms with van der Waals surface area (Å²) in [5, 5.41) is 2.85. The fourth-order valence-corrected chi connectivity index (χ4v) is 7.04. The lowest BCUT2D eigenvalue weighted by Gasteiger charge is -2.37. The van der Waals surface area contributed by atoms with Gasteiger partial charge in [-0.05, 0) is 102 Å². The summed E-state index contributed by atoms with van der Waals surface area (Å²) >= 11 is 1.54. The van der Waals surface area contributed by atoms with E-state index in [9.17, 15) is 9.59 Å². The van der Waals surface area contributed by atoms with Gasteiger partial charge in [0.1, 0.15) is 29.4 Å². The molecule has 0 unspecified atom stereocenters. The van der Waals surface area contributed by atoms with Crippen LogP contribution in [0, 0.1) is 18.7 Å². The lowest BCUT2D eigenvalue weighted by molar-refractivity contribution is -0.165. The van der Waals surface area contributed by atoms with Gasteiger partial charge in [0.15, 0.2) is 5.13 Å². The average molecular weight is 682 g/mol. The zero-order valence-corrected chi connectivity index (χ0v) is 30.2. The van der Waals surface area contributed by atoms with Crippen LogP contribution in [0.4, 0.5) is 14.3 Å². The van der Waals surface area contributed by atoms with Crippen molar-refractivity contribution in [2.75, 3.05) is 38.2 Å². The molecule has 2 aromatic carbocycles. The molecule has 0 saturated carbocycles. The van der Waals surface area contributed by atoms with Gasteiger partial charge in [0.25, 0.3) is 0 Å². The van der Waals surface area contributed by atoms with Gasteiger partial charge in [0, 0.05) is 44.2 Å². The third-order valence-corrected chi connectivity index (χ3v) is 9.39. The standard InChI is InChI=1S/C37H48FN3O6S/c1-23-10-9-11-27(30-22-48-34(39-30)41-17-14-28(31(20-41)44-8)33(42)46-36(2,3)4)32(23)45-21-24-18-25-12-15-40(35(43)47-37(5,6)7)16-13-26(25)29(38)19-24/h9-11,18-19,22,28,31H,12-17,20-21H2,1-8H3/t28-,31+/m0/s1. The van der Waals surface area contributed by atoms with Crippen LogP contribution in [0.25, 0.3) is 11.3 Å². The molecule has 11 heteroatoms. The first-order valence-corrected chi connectivity index (χ1v) is 17.5. The van der Waals surface area contributed by atoms with Crippen LogP contribution in [0.1, 0.15) is 70.2 Å². The molecular formula is C37H48FN3O6S. The SMILES string of the molecule is CO[C@@H]1CN(c2nc(-c3cccc(C)c3OCc3cc(F)c4c(c3)CCN(C(=O)OC(C)(C)C)CC4)cs2)CC[C@@H]1C(=O)OC(C)(C)C. The summed E-state index contributed by atoms with van der Waals surface area (Å²) in [5.41, 5.74) is 3.70. The van der Waals surface area contributed by atoms with Gasteiger partial charge in [-0.15, -0.1) is 11.3 Å². The Labute approximate surface area is 287 Å². The Bertz CT molecular complexity index is 1630. The number of methoxy groups -OCH3 is 1. The number of aromatic nitrogens is 1. The van der Waals surface area contributed by atoms with E-state index in [2.05, 4.69) is 4.90 Å². The Kier molecular flexibility index (Phi) is 10.7. The maximum atomic E-state index is 15.4. The van der Waals surface area contributed by atoms with E-state index in [1.807, 2.05) is 78.1 Å². The number of amides is 1. The van der Waals surface area contributed by atoms with E-state index in [0.717, 1.165) is 33.1 Å². The summed E-state index contributed by atoms with van der Waals surface area (Å²) in [5.74, 6) is -0.147. The molecule has 3 aromatic rings. The molecule has 0 aliphatic carbocycles. The lowest BCUT2D eigenvalue weighted by atomic mass is 9.93. The van der Waals surface area contributed by atoms with E-state index in [4.69, 9.17) is 23.9 Å². The Balaban J connectivity index is 1.28. The predicted octanol–water partition coefficient (Wildman–Crippen LogP) is 7.36. The first kappa shape index (κ1) is 35.6. The van der Waals surface area contributed by atoms with Crippen molar-refractivity contribution in [1.29, 1.82) is 0 Å². The van der Waals surface area contributed by atoms with Crippen molar-refractivity contribution in [3.05, 3.63) is 63.8 Å².